The molecule has 0 aliphatic rings. The summed E-state index contributed by atoms with van der Waals surface area (Å²) in [6, 6.07) is 7.26. The Bertz CT molecular complexity index is 2090. The van der Waals surface area contributed by atoms with Crippen LogP contribution in [0.25, 0.3) is 10.9 Å². The average Bonchev–Trinajstić information content (AvgIpc) is 3.68. The van der Waals surface area contributed by atoms with Gasteiger partial charge in [-0.05, 0) is 42.9 Å². The Hall–Kier alpha value is -6.53. The molecule has 348 valence electrons. The number of guanidine groups is 1. The molecule has 0 spiro atoms. The maximum absolute atomic E-state index is 14.3. The first-order valence-electron chi connectivity index (χ1n) is 20.2. The van der Waals surface area contributed by atoms with Gasteiger partial charge in [-0.2, -0.15) is 25.3 Å². The summed E-state index contributed by atoms with van der Waals surface area (Å²) < 4.78 is 0. The molecule has 3 aromatic rings. The van der Waals surface area contributed by atoms with Crippen molar-refractivity contribution >= 4 is 89.6 Å². The smallest absolute Gasteiger partial charge is 0.327 e. The Kier molecular flexibility index (Phi) is 21.7. The number of carboxylic acid groups (broad SMARTS) is 1. The van der Waals surface area contributed by atoms with Crippen LogP contribution in [0.15, 0.2) is 60.8 Å². The van der Waals surface area contributed by atoms with Gasteiger partial charge in [0.2, 0.25) is 35.4 Å². The summed E-state index contributed by atoms with van der Waals surface area (Å²) >= 11 is 8.01. The highest BCUT2D eigenvalue weighted by atomic mass is 32.1. The van der Waals surface area contributed by atoms with E-state index in [1.807, 2.05) is 18.2 Å². The van der Waals surface area contributed by atoms with E-state index < -0.39 is 90.2 Å². The van der Waals surface area contributed by atoms with Crippen molar-refractivity contribution in [3.8, 4) is 0 Å². The number of hydrogen-bond acceptors (Lipinski definition) is 12. The molecule has 64 heavy (non-hydrogen) atoms. The van der Waals surface area contributed by atoms with E-state index in [0.717, 1.165) is 10.9 Å². The highest BCUT2D eigenvalue weighted by Crippen LogP contribution is 2.19. The van der Waals surface area contributed by atoms with Gasteiger partial charge in [0.15, 0.2) is 5.96 Å². The molecule has 0 saturated carbocycles. The lowest BCUT2D eigenvalue weighted by atomic mass is 10.0. The molecule has 1 heterocycles. The van der Waals surface area contributed by atoms with Gasteiger partial charge < -0.3 is 69.8 Å². The van der Waals surface area contributed by atoms with Gasteiger partial charge in [0.05, 0.1) is 12.6 Å². The van der Waals surface area contributed by atoms with E-state index in [9.17, 15) is 43.5 Å². The number of carbonyl (C=O) groups excluding carboxylic acids is 7. The van der Waals surface area contributed by atoms with Crippen molar-refractivity contribution in [2.75, 3.05) is 31.1 Å². The third kappa shape index (κ3) is 17.7. The van der Waals surface area contributed by atoms with Gasteiger partial charge in [0, 0.05) is 54.5 Å². The Morgan fingerprint density at radius 2 is 1.17 bits per heavy atom. The summed E-state index contributed by atoms with van der Waals surface area (Å²) in [5.41, 5.74) is 18.3. The van der Waals surface area contributed by atoms with E-state index in [1.165, 1.54) is 0 Å². The van der Waals surface area contributed by atoms with Crippen molar-refractivity contribution in [3.63, 3.8) is 0 Å². The molecule has 2 aromatic carbocycles. The van der Waals surface area contributed by atoms with Gasteiger partial charge in [-0.15, -0.1) is 0 Å². The van der Waals surface area contributed by atoms with Gasteiger partial charge in [0.1, 0.15) is 30.2 Å². The normalized spacial score (nSPS) is 13.7. The van der Waals surface area contributed by atoms with Gasteiger partial charge in [-0.25, -0.2) is 9.59 Å². The zero-order valence-corrected chi connectivity index (χ0v) is 36.6. The first-order chi connectivity index (χ1) is 30.5. The van der Waals surface area contributed by atoms with E-state index in [0.29, 0.717) is 11.1 Å². The van der Waals surface area contributed by atoms with Crippen LogP contribution >= 0.6 is 25.3 Å². The second-order valence-electron chi connectivity index (χ2n) is 14.6. The predicted molar refractivity (Wildman–Crippen MR) is 244 cm³/mol. The van der Waals surface area contributed by atoms with Crippen LogP contribution in [0.5, 0.6) is 0 Å². The highest BCUT2D eigenvalue weighted by molar-refractivity contribution is 7.80. The number of urea groups is 1. The SMILES string of the molecule is N=C(N)NCCC[C@H](NC(=O)[C@@H](Cc1ccccc1)NC(=O)[C@H](CCCNC(N)=O)NC(=O)CNC(=O)[C@@H](N)CS)C(=O)N[C@@H](Cc1c[nH]c2ccccc12)C(=O)N[C@@H](CS)C(=O)O. The van der Waals surface area contributed by atoms with Crippen molar-refractivity contribution in [2.45, 2.75) is 74.8 Å². The standard InChI is InChI=1S/C40H57N13O9S2/c41-25(20-63)33(55)48-19-32(54)49-27(12-7-15-46-40(44)62)34(56)51-29(16-22-8-2-1-3-9-22)36(58)50-28(13-6-14-45-39(42)43)35(57)52-30(37(59)53-31(21-64)38(60)61)17-23-18-47-26-11-5-4-10-24(23)26/h1-5,8-11,18,25,27-31,47,63-64H,6-7,12-17,19-21,41H2,(H,48,55)(H,49,54)(H,50,58)(H,51,56)(H,52,57)(H,53,59)(H,60,61)(H4,42,43,45)(H3,44,46,62)/t25-,27-,28-,29+,30-,31-/m0/s1. The molecule has 0 bridgehead atoms. The molecule has 22 nitrogen and oxygen atoms in total. The number of primary amides is 1. The molecule has 3 rings (SSSR count). The molecular formula is C40H57N13O9S2. The lowest BCUT2D eigenvalue weighted by Crippen LogP contribution is -2.60. The summed E-state index contributed by atoms with van der Waals surface area (Å²) in [6.45, 7) is -0.387. The zero-order chi connectivity index (χ0) is 47.2. The number of thiol groups is 2. The lowest BCUT2D eigenvalue weighted by molar-refractivity contribution is -0.141. The molecule has 0 radical (unpaired) electrons. The van der Waals surface area contributed by atoms with Crippen LogP contribution in [0.3, 0.4) is 0 Å². The highest BCUT2D eigenvalue weighted by Gasteiger charge is 2.33. The lowest BCUT2D eigenvalue weighted by Gasteiger charge is -2.27. The fraction of sp³-hybridized carbons (Fsp3) is 0.425. The minimum atomic E-state index is -1.39. The maximum atomic E-state index is 14.3. The quantitative estimate of drug-likeness (QED) is 0.0163. The number of aromatic amines is 1. The summed E-state index contributed by atoms with van der Waals surface area (Å²) in [6.07, 6.45) is 1.70. The van der Waals surface area contributed by atoms with Crippen molar-refractivity contribution in [3.05, 3.63) is 71.9 Å². The van der Waals surface area contributed by atoms with Crippen molar-refractivity contribution in [1.82, 2.24) is 47.5 Å². The Labute approximate surface area is 379 Å². The van der Waals surface area contributed by atoms with Crippen LogP contribution in [-0.2, 0) is 46.4 Å². The van der Waals surface area contributed by atoms with Crippen molar-refractivity contribution < 1.29 is 43.5 Å². The van der Waals surface area contributed by atoms with E-state index in [2.05, 4.69) is 72.8 Å². The average molecular weight is 928 g/mol. The summed E-state index contributed by atoms with van der Waals surface area (Å²) in [7, 11) is 0. The molecule has 0 aliphatic carbocycles. The Morgan fingerprint density at radius 3 is 1.75 bits per heavy atom. The van der Waals surface area contributed by atoms with E-state index >= 15 is 0 Å². The van der Waals surface area contributed by atoms with Crippen LogP contribution in [0.1, 0.15) is 36.8 Å². The molecule has 6 atom stereocenters. The van der Waals surface area contributed by atoms with Crippen molar-refractivity contribution in [2.24, 2.45) is 17.2 Å². The molecule has 17 N–H and O–H groups in total. The zero-order valence-electron chi connectivity index (χ0n) is 34.9. The van der Waals surface area contributed by atoms with Crippen LogP contribution in [0.2, 0.25) is 0 Å². The van der Waals surface area contributed by atoms with Gasteiger partial charge in [-0.1, -0.05) is 48.5 Å². The first-order valence-corrected chi connectivity index (χ1v) is 21.5. The number of amides is 8. The number of rotatable bonds is 27. The number of aromatic nitrogens is 1. The second-order valence-corrected chi connectivity index (χ2v) is 15.3. The van der Waals surface area contributed by atoms with Crippen LogP contribution in [-0.4, -0.2) is 131 Å². The summed E-state index contributed by atoms with van der Waals surface area (Å²) in [5.74, 6) is -6.65. The number of nitrogens with two attached hydrogens (primary N) is 3. The maximum Gasteiger partial charge on any atom is 0.327 e. The van der Waals surface area contributed by atoms with Crippen LogP contribution in [0.4, 0.5) is 4.79 Å². The second kappa shape index (κ2) is 26.8. The molecule has 0 fully saturated rings. The number of nitrogens with one attached hydrogen (secondary N) is 10. The fourth-order valence-electron chi connectivity index (χ4n) is 6.27. The number of carbonyl (C=O) groups is 8. The topological polar surface area (TPSA) is 371 Å². The Morgan fingerprint density at radius 1 is 0.641 bits per heavy atom. The number of H-pyrrole nitrogens is 1. The Balaban J connectivity index is 1.94. The minimum Gasteiger partial charge on any atom is -0.480 e. The van der Waals surface area contributed by atoms with E-state index in [1.54, 1.807) is 42.6 Å². The molecule has 0 unspecified atom stereocenters. The molecule has 1 aromatic heterocycles. The summed E-state index contributed by atoms with van der Waals surface area (Å²) in [5, 5.41) is 38.3. The van der Waals surface area contributed by atoms with Gasteiger partial charge >= 0.3 is 12.0 Å². The molecular weight excluding hydrogens is 871 g/mol. The van der Waals surface area contributed by atoms with Gasteiger partial charge in [-0.3, -0.25) is 34.2 Å². The summed E-state index contributed by atoms with van der Waals surface area (Å²) in [4.78, 5) is 108. The van der Waals surface area contributed by atoms with Gasteiger partial charge in [0.25, 0.3) is 0 Å². The number of benzene rings is 2. The number of para-hydroxylation sites is 1. The largest absolute Gasteiger partial charge is 0.480 e. The molecule has 0 saturated heterocycles. The number of hydrogen-bond donors (Lipinski definition) is 16. The number of fused-ring (bicyclic) bond motifs is 1. The van der Waals surface area contributed by atoms with E-state index in [4.69, 9.17) is 22.6 Å². The van der Waals surface area contributed by atoms with E-state index in [-0.39, 0.29) is 69.1 Å². The van der Waals surface area contributed by atoms with Crippen LogP contribution < -0.4 is 59.7 Å². The monoisotopic (exact) mass is 927 g/mol. The third-order valence-electron chi connectivity index (χ3n) is 9.64. The minimum absolute atomic E-state index is 0.0125. The number of aliphatic carboxylic acids is 1. The number of carboxylic acids is 1. The first kappa shape index (κ1) is 51.8. The predicted octanol–water partition coefficient (Wildman–Crippen LogP) is -2.52. The van der Waals surface area contributed by atoms with Crippen LogP contribution in [0, 0.1) is 5.41 Å². The fourth-order valence-corrected chi connectivity index (χ4v) is 6.69. The van der Waals surface area contributed by atoms with Crippen molar-refractivity contribution in [1.29, 1.82) is 5.41 Å². The third-order valence-corrected chi connectivity index (χ3v) is 10.4. The molecule has 8 amide bonds. The molecule has 0 aliphatic heterocycles. The molecule has 24 heteroatoms.